The van der Waals surface area contributed by atoms with Gasteiger partial charge in [-0.05, 0) is 17.7 Å². The molecule has 4 rings (SSSR count). The molecule has 8 nitrogen and oxygen atoms in total. The first kappa shape index (κ1) is 19.4. The van der Waals surface area contributed by atoms with Crippen LogP contribution in [0.25, 0.3) is 0 Å². The number of rotatable bonds is 5. The number of likely N-dealkylation sites (tertiary alicyclic amines) is 1. The van der Waals surface area contributed by atoms with Gasteiger partial charge in [-0.2, -0.15) is 4.31 Å². The fraction of sp³-hybridized carbons (Fsp3) is 0.526. The summed E-state index contributed by atoms with van der Waals surface area (Å²) in [5.41, 5.74) is 0.938. The third kappa shape index (κ3) is 3.93. The second-order valence-corrected chi connectivity index (χ2v) is 9.38. The lowest BCUT2D eigenvalue weighted by atomic mass is 10.1. The predicted molar refractivity (Wildman–Crippen MR) is 104 cm³/mol. The Balaban J connectivity index is 1.54. The lowest BCUT2D eigenvalue weighted by Crippen LogP contribution is -2.45. The van der Waals surface area contributed by atoms with Gasteiger partial charge < -0.3 is 14.0 Å². The van der Waals surface area contributed by atoms with Gasteiger partial charge in [0, 0.05) is 39.1 Å². The largest absolute Gasteiger partial charge is 0.497 e. The molecule has 2 atom stereocenters. The van der Waals surface area contributed by atoms with Crippen molar-refractivity contribution < 1.29 is 17.9 Å². The van der Waals surface area contributed by atoms with Crippen molar-refractivity contribution >= 4 is 10.0 Å². The molecule has 0 saturated carbocycles. The quantitative estimate of drug-likeness (QED) is 0.733. The summed E-state index contributed by atoms with van der Waals surface area (Å²) in [6.07, 6.45) is 3.57. The van der Waals surface area contributed by atoms with Gasteiger partial charge in [0.05, 0.1) is 38.2 Å². The van der Waals surface area contributed by atoms with Crippen LogP contribution in [-0.2, 0) is 34.9 Å². The topological polar surface area (TPSA) is 76.9 Å². The molecule has 2 aliphatic heterocycles. The standard InChI is InChI=1S/C19H26N4O4S/c1-21-8-7-20-19(21)14-22-12-17-18(13-22)27-9-10-28(24,25)23(17)11-15-3-5-16(26-2)6-4-15/h3-8,17-18H,9-14H2,1-2H3/t17-,18+/m1/s1. The van der Waals surface area contributed by atoms with E-state index in [1.807, 2.05) is 42.1 Å². The van der Waals surface area contributed by atoms with Crippen LogP contribution >= 0.6 is 0 Å². The zero-order valence-electron chi connectivity index (χ0n) is 16.2. The zero-order chi connectivity index (χ0) is 19.7. The first-order chi connectivity index (χ1) is 13.5. The average molecular weight is 407 g/mol. The minimum atomic E-state index is -3.39. The van der Waals surface area contributed by atoms with Gasteiger partial charge in [0.1, 0.15) is 11.6 Å². The maximum atomic E-state index is 12.9. The highest BCUT2D eigenvalue weighted by Crippen LogP contribution is 2.28. The maximum absolute atomic E-state index is 12.9. The molecular weight excluding hydrogens is 380 g/mol. The van der Waals surface area contributed by atoms with Gasteiger partial charge in [0.15, 0.2) is 0 Å². The number of aromatic nitrogens is 2. The van der Waals surface area contributed by atoms with Crippen LogP contribution in [0.2, 0.25) is 0 Å². The van der Waals surface area contributed by atoms with Crippen molar-refractivity contribution in [2.45, 2.75) is 25.2 Å². The Labute approximate surface area is 165 Å². The second-order valence-electron chi connectivity index (χ2n) is 7.33. The highest BCUT2D eigenvalue weighted by atomic mass is 32.2. The summed E-state index contributed by atoms with van der Waals surface area (Å²) < 4.78 is 40.6. The minimum absolute atomic E-state index is 0.0233. The summed E-state index contributed by atoms with van der Waals surface area (Å²) >= 11 is 0. The molecule has 152 valence electrons. The number of fused-ring (bicyclic) bond motifs is 1. The predicted octanol–water partition coefficient (Wildman–Crippen LogP) is 0.844. The minimum Gasteiger partial charge on any atom is -0.497 e. The molecule has 0 amide bonds. The molecule has 0 bridgehead atoms. The monoisotopic (exact) mass is 406 g/mol. The van der Waals surface area contributed by atoms with E-state index in [0.29, 0.717) is 26.2 Å². The number of hydrogen-bond donors (Lipinski definition) is 0. The number of imidazole rings is 1. The van der Waals surface area contributed by atoms with Crippen molar-refractivity contribution in [1.29, 1.82) is 0 Å². The molecule has 1 aromatic heterocycles. The van der Waals surface area contributed by atoms with Crippen LogP contribution in [0.1, 0.15) is 11.4 Å². The molecule has 2 saturated heterocycles. The Bertz CT molecular complexity index is 912. The number of methoxy groups -OCH3 is 1. The zero-order valence-corrected chi connectivity index (χ0v) is 17.0. The van der Waals surface area contributed by atoms with Crippen molar-refractivity contribution in [3.8, 4) is 5.75 Å². The summed E-state index contributed by atoms with van der Waals surface area (Å²) in [7, 11) is 0.190. The maximum Gasteiger partial charge on any atom is 0.217 e. The molecule has 1 aromatic carbocycles. The van der Waals surface area contributed by atoms with Crippen LogP contribution in [0.3, 0.4) is 0 Å². The summed E-state index contributed by atoms with van der Waals surface area (Å²) in [4.78, 5) is 6.61. The number of sulfonamides is 1. The molecule has 9 heteroatoms. The highest BCUT2D eigenvalue weighted by molar-refractivity contribution is 7.89. The van der Waals surface area contributed by atoms with Crippen molar-refractivity contribution in [2.24, 2.45) is 7.05 Å². The van der Waals surface area contributed by atoms with E-state index < -0.39 is 10.0 Å². The molecule has 0 radical (unpaired) electrons. The van der Waals surface area contributed by atoms with E-state index in [-0.39, 0.29) is 24.5 Å². The van der Waals surface area contributed by atoms with Crippen LogP contribution in [-0.4, -0.2) is 71.9 Å². The van der Waals surface area contributed by atoms with Gasteiger partial charge in [0.25, 0.3) is 0 Å². The summed E-state index contributed by atoms with van der Waals surface area (Å²) in [6, 6.07) is 7.34. The lowest BCUT2D eigenvalue weighted by Gasteiger charge is -2.28. The fourth-order valence-electron chi connectivity index (χ4n) is 3.91. The van der Waals surface area contributed by atoms with E-state index in [1.54, 1.807) is 17.6 Å². The van der Waals surface area contributed by atoms with Crippen LogP contribution in [0.15, 0.2) is 36.7 Å². The van der Waals surface area contributed by atoms with Crippen LogP contribution in [0.4, 0.5) is 0 Å². The number of aryl methyl sites for hydroxylation is 1. The van der Waals surface area contributed by atoms with E-state index >= 15 is 0 Å². The fourth-order valence-corrected chi connectivity index (χ4v) is 5.41. The van der Waals surface area contributed by atoms with Gasteiger partial charge in [-0.15, -0.1) is 0 Å². The number of benzene rings is 1. The molecule has 0 spiro atoms. The van der Waals surface area contributed by atoms with Crippen molar-refractivity contribution in [1.82, 2.24) is 18.8 Å². The van der Waals surface area contributed by atoms with Crippen LogP contribution in [0.5, 0.6) is 5.75 Å². The van der Waals surface area contributed by atoms with Crippen molar-refractivity contribution in [3.05, 3.63) is 48.0 Å². The van der Waals surface area contributed by atoms with E-state index in [9.17, 15) is 8.42 Å². The van der Waals surface area contributed by atoms with E-state index in [2.05, 4.69) is 9.88 Å². The Morgan fingerprint density at radius 3 is 2.68 bits per heavy atom. The Morgan fingerprint density at radius 1 is 1.21 bits per heavy atom. The molecule has 2 fully saturated rings. The molecular formula is C19H26N4O4S. The van der Waals surface area contributed by atoms with E-state index in [4.69, 9.17) is 9.47 Å². The normalized spacial score (nSPS) is 25.4. The first-order valence-corrected chi connectivity index (χ1v) is 11.0. The molecule has 28 heavy (non-hydrogen) atoms. The Morgan fingerprint density at radius 2 is 2.00 bits per heavy atom. The van der Waals surface area contributed by atoms with Crippen molar-refractivity contribution in [3.63, 3.8) is 0 Å². The Kier molecular flexibility index (Phi) is 5.42. The van der Waals surface area contributed by atoms with Crippen molar-refractivity contribution in [2.75, 3.05) is 32.6 Å². The van der Waals surface area contributed by atoms with Gasteiger partial charge >= 0.3 is 0 Å². The molecule has 0 unspecified atom stereocenters. The summed E-state index contributed by atoms with van der Waals surface area (Å²) in [5, 5.41) is 0. The Hall–Kier alpha value is -1.94. The number of nitrogens with zero attached hydrogens (tertiary/aromatic N) is 4. The van der Waals surface area contributed by atoms with Gasteiger partial charge in [-0.1, -0.05) is 12.1 Å². The first-order valence-electron chi connectivity index (χ1n) is 9.39. The average Bonchev–Trinajstić information content (AvgIpc) is 3.23. The number of ether oxygens (including phenoxy) is 2. The SMILES string of the molecule is COc1ccc(CN2[C@@H]3CN(Cc4nccn4C)C[C@@H]3OCCS2(=O)=O)cc1. The molecule has 3 heterocycles. The smallest absolute Gasteiger partial charge is 0.217 e. The molecule has 2 aromatic rings. The third-order valence-corrected chi connectivity index (χ3v) is 7.29. The third-order valence-electron chi connectivity index (χ3n) is 5.50. The molecule has 0 N–H and O–H groups in total. The summed E-state index contributed by atoms with van der Waals surface area (Å²) in [6.45, 7) is 2.58. The second kappa shape index (κ2) is 7.82. The summed E-state index contributed by atoms with van der Waals surface area (Å²) in [5.74, 6) is 1.74. The van der Waals surface area contributed by atoms with E-state index in [1.165, 1.54) is 0 Å². The van der Waals surface area contributed by atoms with E-state index in [0.717, 1.165) is 17.1 Å². The van der Waals surface area contributed by atoms with Gasteiger partial charge in [-0.25, -0.2) is 13.4 Å². The molecule has 2 aliphatic rings. The highest BCUT2D eigenvalue weighted by Gasteiger charge is 2.44. The van der Waals surface area contributed by atoms with Crippen LogP contribution < -0.4 is 4.74 Å². The van der Waals surface area contributed by atoms with Crippen LogP contribution in [0, 0.1) is 0 Å². The van der Waals surface area contributed by atoms with Gasteiger partial charge in [0.2, 0.25) is 10.0 Å². The number of hydrogen-bond acceptors (Lipinski definition) is 6. The molecule has 0 aliphatic carbocycles. The lowest BCUT2D eigenvalue weighted by molar-refractivity contribution is 0.0457. The van der Waals surface area contributed by atoms with Gasteiger partial charge in [-0.3, -0.25) is 4.90 Å².